The third kappa shape index (κ3) is 3.44. The monoisotopic (exact) mass is 459 g/mol. The Balaban J connectivity index is 0.000000764. The standard InChI is InChI=1S/C24H23N5O2.CH2O2/c1-31-18-9-6-7-16(13-18)15-28-22(30)20-21(29-23(28)25-26-27-29)19-10-3-2-8-17(19)14-24(20)11-4-5-12-24;2-1-3/h2-3,6-10,13H,4-5,11-12,14-15H2,1H3;1H,(H,2,3). The highest BCUT2D eigenvalue weighted by molar-refractivity contribution is 5.73. The number of fused-ring (bicyclic) bond motifs is 6. The minimum atomic E-state index is -0.250. The maximum atomic E-state index is 14.1. The summed E-state index contributed by atoms with van der Waals surface area (Å²) in [6.07, 6.45) is 5.24. The number of methoxy groups -OCH3 is 1. The number of ether oxygens (including phenoxy) is 1. The number of hydrogen-bond donors (Lipinski definition) is 1. The Hall–Kier alpha value is -4.01. The van der Waals surface area contributed by atoms with Crippen LogP contribution >= 0.6 is 0 Å². The van der Waals surface area contributed by atoms with Gasteiger partial charge in [-0.2, -0.15) is 4.52 Å². The Kier molecular flexibility index (Phi) is 5.61. The van der Waals surface area contributed by atoms with Gasteiger partial charge in [0.1, 0.15) is 5.75 Å². The number of hydrogen-bond acceptors (Lipinski definition) is 6. The molecule has 1 N–H and O–H groups in total. The molecule has 1 spiro atoms. The summed E-state index contributed by atoms with van der Waals surface area (Å²) < 4.78 is 8.86. The molecule has 2 aromatic carbocycles. The van der Waals surface area contributed by atoms with Crippen LogP contribution in [0, 0.1) is 0 Å². The number of tetrazole rings is 1. The average molecular weight is 460 g/mol. The van der Waals surface area contributed by atoms with Gasteiger partial charge in [0.15, 0.2) is 0 Å². The van der Waals surface area contributed by atoms with Crippen LogP contribution in [0.25, 0.3) is 17.0 Å². The molecular formula is C25H25N5O4. The van der Waals surface area contributed by atoms with Gasteiger partial charge in [0.05, 0.1) is 24.9 Å². The van der Waals surface area contributed by atoms with Crippen molar-refractivity contribution in [2.24, 2.45) is 0 Å². The molecule has 4 aromatic rings. The molecule has 34 heavy (non-hydrogen) atoms. The van der Waals surface area contributed by atoms with Gasteiger partial charge in [-0.25, -0.2) is 0 Å². The fourth-order valence-electron chi connectivity index (χ4n) is 5.59. The molecule has 2 aromatic heterocycles. The van der Waals surface area contributed by atoms with Crippen LogP contribution in [0.2, 0.25) is 0 Å². The van der Waals surface area contributed by atoms with Crippen molar-refractivity contribution in [1.29, 1.82) is 0 Å². The van der Waals surface area contributed by atoms with E-state index in [0.29, 0.717) is 12.3 Å². The minimum Gasteiger partial charge on any atom is -0.497 e. The predicted octanol–water partition coefficient (Wildman–Crippen LogP) is 3.08. The van der Waals surface area contributed by atoms with Crippen LogP contribution in [-0.2, 0) is 23.2 Å². The lowest BCUT2D eigenvalue weighted by Crippen LogP contribution is -2.41. The second kappa shape index (κ2) is 8.74. The number of nitrogens with zero attached hydrogens (tertiary/aromatic N) is 5. The first-order valence-corrected chi connectivity index (χ1v) is 11.3. The molecule has 0 amide bonds. The zero-order valence-corrected chi connectivity index (χ0v) is 18.8. The predicted molar refractivity (Wildman–Crippen MR) is 125 cm³/mol. The fourth-order valence-corrected chi connectivity index (χ4v) is 5.59. The van der Waals surface area contributed by atoms with Gasteiger partial charge < -0.3 is 9.84 Å². The molecule has 9 heteroatoms. The maximum Gasteiger partial charge on any atom is 0.290 e. The molecule has 9 nitrogen and oxygen atoms in total. The lowest BCUT2D eigenvalue weighted by molar-refractivity contribution is -0.122. The summed E-state index contributed by atoms with van der Waals surface area (Å²) in [7, 11) is 1.64. The molecular weight excluding hydrogens is 434 g/mol. The molecule has 1 saturated carbocycles. The molecule has 0 radical (unpaired) electrons. The molecule has 0 unspecified atom stereocenters. The van der Waals surface area contributed by atoms with E-state index in [1.807, 2.05) is 30.3 Å². The zero-order valence-electron chi connectivity index (χ0n) is 18.8. The Labute approximate surface area is 195 Å². The lowest BCUT2D eigenvalue weighted by Gasteiger charge is -2.36. The molecule has 6 rings (SSSR count). The van der Waals surface area contributed by atoms with Crippen molar-refractivity contribution in [3.05, 3.63) is 75.6 Å². The van der Waals surface area contributed by atoms with Gasteiger partial charge in [-0.1, -0.05) is 54.3 Å². The molecule has 0 saturated heterocycles. The normalized spacial score (nSPS) is 15.3. The van der Waals surface area contributed by atoms with E-state index < -0.39 is 0 Å². The molecule has 2 aliphatic rings. The third-order valence-corrected chi connectivity index (χ3v) is 6.97. The van der Waals surface area contributed by atoms with E-state index in [1.54, 1.807) is 16.2 Å². The zero-order chi connectivity index (χ0) is 23.7. The van der Waals surface area contributed by atoms with Gasteiger partial charge in [-0.3, -0.25) is 14.2 Å². The van der Waals surface area contributed by atoms with Crippen LogP contribution in [0.5, 0.6) is 5.75 Å². The number of rotatable bonds is 3. The Morgan fingerprint density at radius 2 is 1.91 bits per heavy atom. The van der Waals surface area contributed by atoms with Crippen LogP contribution in [0.4, 0.5) is 0 Å². The molecule has 2 heterocycles. The topological polar surface area (TPSA) is 112 Å². The van der Waals surface area contributed by atoms with Crippen LogP contribution in [0.15, 0.2) is 53.3 Å². The van der Waals surface area contributed by atoms with E-state index >= 15 is 0 Å². The van der Waals surface area contributed by atoms with E-state index in [-0.39, 0.29) is 17.4 Å². The average Bonchev–Trinajstić information content (AvgIpc) is 3.52. The smallest absolute Gasteiger partial charge is 0.290 e. The highest BCUT2D eigenvalue weighted by Crippen LogP contribution is 2.50. The van der Waals surface area contributed by atoms with Crippen molar-refractivity contribution in [2.45, 2.75) is 44.1 Å². The summed E-state index contributed by atoms with van der Waals surface area (Å²) in [5.74, 6) is 1.23. The summed E-state index contributed by atoms with van der Waals surface area (Å²) in [6, 6.07) is 16.1. The Bertz CT molecular complexity index is 1420. The minimum absolute atomic E-state index is 0.0246. The molecule has 2 aliphatic carbocycles. The maximum absolute atomic E-state index is 14.1. The highest BCUT2D eigenvalue weighted by atomic mass is 16.5. The second-order valence-corrected chi connectivity index (χ2v) is 8.78. The molecule has 1 fully saturated rings. The summed E-state index contributed by atoms with van der Waals surface area (Å²) >= 11 is 0. The molecule has 174 valence electrons. The summed E-state index contributed by atoms with van der Waals surface area (Å²) in [5, 5.41) is 19.4. The van der Waals surface area contributed by atoms with Crippen molar-refractivity contribution >= 4 is 12.2 Å². The van der Waals surface area contributed by atoms with E-state index in [4.69, 9.17) is 14.6 Å². The molecule has 0 aliphatic heterocycles. The molecule has 0 atom stereocenters. The van der Waals surface area contributed by atoms with Crippen LogP contribution in [0.3, 0.4) is 0 Å². The van der Waals surface area contributed by atoms with E-state index in [2.05, 4.69) is 33.7 Å². The first kappa shape index (κ1) is 21.8. The lowest BCUT2D eigenvalue weighted by atomic mass is 9.68. The fraction of sp³-hybridized carbons (Fsp3) is 0.320. The number of carbonyl (C=O) groups is 1. The van der Waals surface area contributed by atoms with Crippen LogP contribution in [0.1, 0.15) is 42.4 Å². The number of aromatic nitrogens is 5. The highest BCUT2D eigenvalue weighted by Gasteiger charge is 2.45. The largest absolute Gasteiger partial charge is 0.497 e. The van der Waals surface area contributed by atoms with Crippen LogP contribution < -0.4 is 10.3 Å². The Morgan fingerprint density at radius 3 is 2.68 bits per heavy atom. The molecule has 0 bridgehead atoms. The Morgan fingerprint density at radius 1 is 1.15 bits per heavy atom. The number of benzene rings is 2. The second-order valence-electron chi connectivity index (χ2n) is 8.78. The van der Waals surface area contributed by atoms with Gasteiger partial charge in [-0.05, 0) is 52.9 Å². The summed E-state index contributed by atoms with van der Waals surface area (Å²) in [4.78, 5) is 22.4. The van der Waals surface area contributed by atoms with Gasteiger partial charge in [-0.15, -0.1) is 0 Å². The van der Waals surface area contributed by atoms with Gasteiger partial charge in [0, 0.05) is 11.0 Å². The first-order chi connectivity index (χ1) is 16.6. The number of carboxylic acid groups (broad SMARTS) is 1. The third-order valence-electron chi connectivity index (χ3n) is 6.97. The van der Waals surface area contributed by atoms with Crippen molar-refractivity contribution in [3.63, 3.8) is 0 Å². The van der Waals surface area contributed by atoms with Crippen molar-refractivity contribution in [3.8, 4) is 17.0 Å². The first-order valence-electron chi connectivity index (χ1n) is 11.3. The van der Waals surface area contributed by atoms with Crippen molar-refractivity contribution < 1.29 is 14.6 Å². The van der Waals surface area contributed by atoms with E-state index in [0.717, 1.165) is 60.2 Å². The summed E-state index contributed by atoms with van der Waals surface area (Å²) in [5.41, 5.74) is 4.95. The van der Waals surface area contributed by atoms with Crippen molar-refractivity contribution in [1.82, 2.24) is 24.6 Å². The van der Waals surface area contributed by atoms with Gasteiger partial charge in [0.2, 0.25) is 0 Å². The quantitative estimate of drug-likeness (QED) is 0.469. The van der Waals surface area contributed by atoms with E-state index in [1.165, 1.54) is 5.56 Å². The SMILES string of the molecule is COc1cccc(Cn2c(=O)c3c(n4nnnc24)-c2ccccc2CC32CCCC2)c1.O=CO. The van der Waals surface area contributed by atoms with Gasteiger partial charge >= 0.3 is 0 Å². The van der Waals surface area contributed by atoms with Gasteiger partial charge in [0.25, 0.3) is 17.8 Å². The van der Waals surface area contributed by atoms with Crippen LogP contribution in [-0.4, -0.2) is 43.3 Å². The van der Waals surface area contributed by atoms with E-state index in [9.17, 15) is 4.79 Å². The van der Waals surface area contributed by atoms with Crippen molar-refractivity contribution in [2.75, 3.05) is 7.11 Å². The summed E-state index contributed by atoms with van der Waals surface area (Å²) in [6.45, 7) is 0.144.